The third kappa shape index (κ3) is 4.09. The molecule has 2 heterocycles. The summed E-state index contributed by atoms with van der Waals surface area (Å²) in [5.41, 5.74) is 0.660. The first-order valence-corrected chi connectivity index (χ1v) is 8.95. The first kappa shape index (κ1) is 19.7. The number of ether oxygens (including phenoxy) is 2. The van der Waals surface area contributed by atoms with Crippen LogP contribution in [-0.2, 0) is 16.0 Å². The number of halogens is 1. The second kappa shape index (κ2) is 8.31. The monoisotopic (exact) mass is 404 g/mol. The molecule has 3 aromatic rings. The minimum absolute atomic E-state index is 0.0168. The van der Waals surface area contributed by atoms with Gasteiger partial charge in [-0.1, -0.05) is 11.6 Å². The maximum absolute atomic E-state index is 12.4. The number of hydrogen-bond donors (Lipinski definition) is 0. The molecule has 0 saturated carbocycles. The Hall–Kier alpha value is -3.06. The fourth-order valence-electron chi connectivity index (χ4n) is 2.76. The van der Waals surface area contributed by atoms with Crippen LogP contribution in [0.2, 0.25) is 5.02 Å². The molecule has 0 unspecified atom stereocenters. The van der Waals surface area contributed by atoms with E-state index in [-0.39, 0.29) is 47.5 Å². The molecule has 0 N–H and O–H groups in total. The minimum Gasteiger partial charge on any atom is -0.466 e. The van der Waals surface area contributed by atoms with Gasteiger partial charge in [-0.25, -0.2) is 9.59 Å². The Bertz CT molecular complexity index is 1080. The van der Waals surface area contributed by atoms with Crippen LogP contribution in [0, 0.1) is 6.92 Å². The van der Waals surface area contributed by atoms with Gasteiger partial charge in [0.15, 0.2) is 5.75 Å². The van der Waals surface area contributed by atoms with Crippen molar-refractivity contribution in [2.24, 2.45) is 0 Å². The van der Waals surface area contributed by atoms with E-state index in [0.717, 1.165) is 0 Å². The number of carbonyl (C=O) groups is 2. The SMILES string of the molecule is CCOC(=O)CCc1c(C)c2cc(Cl)c(OC(=O)c3ccco3)cc2oc1=O. The van der Waals surface area contributed by atoms with Gasteiger partial charge in [0, 0.05) is 23.4 Å². The molecule has 0 atom stereocenters. The molecule has 3 rings (SSSR count). The third-order valence-corrected chi connectivity index (χ3v) is 4.44. The van der Waals surface area contributed by atoms with Crippen molar-refractivity contribution >= 4 is 34.5 Å². The predicted molar refractivity (Wildman–Crippen MR) is 101 cm³/mol. The lowest BCUT2D eigenvalue weighted by molar-refractivity contribution is -0.143. The van der Waals surface area contributed by atoms with Gasteiger partial charge in [-0.2, -0.15) is 0 Å². The summed E-state index contributed by atoms with van der Waals surface area (Å²) in [5, 5.41) is 0.752. The van der Waals surface area contributed by atoms with Crippen LogP contribution in [0.4, 0.5) is 0 Å². The van der Waals surface area contributed by atoms with Gasteiger partial charge >= 0.3 is 17.6 Å². The van der Waals surface area contributed by atoms with Gasteiger partial charge in [-0.05, 0) is 44.0 Å². The quantitative estimate of drug-likeness (QED) is 0.347. The van der Waals surface area contributed by atoms with E-state index in [0.29, 0.717) is 16.5 Å². The molecule has 0 saturated heterocycles. The molecule has 8 heteroatoms. The highest BCUT2D eigenvalue weighted by molar-refractivity contribution is 6.33. The van der Waals surface area contributed by atoms with Crippen LogP contribution >= 0.6 is 11.6 Å². The van der Waals surface area contributed by atoms with Crippen molar-refractivity contribution in [1.82, 2.24) is 0 Å². The van der Waals surface area contributed by atoms with Crippen LogP contribution in [0.25, 0.3) is 11.0 Å². The van der Waals surface area contributed by atoms with E-state index in [1.807, 2.05) is 0 Å². The highest BCUT2D eigenvalue weighted by atomic mass is 35.5. The molecule has 7 nitrogen and oxygen atoms in total. The van der Waals surface area contributed by atoms with Crippen LogP contribution < -0.4 is 10.4 Å². The standard InChI is InChI=1S/C20H17ClO7/c1-3-25-18(22)7-6-12-11(2)13-9-14(21)17(10-16(13)27-19(12)23)28-20(24)15-5-4-8-26-15/h4-5,8-10H,3,6-7H2,1-2H3. The fourth-order valence-corrected chi connectivity index (χ4v) is 2.96. The number of carbonyl (C=O) groups excluding carboxylic acids is 2. The summed E-state index contributed by atoms with van der Waals surface area (Å²) < 4.78 is 20.4. The fraction of sp³-hybridized carbons (Fsp3) is 0.250. The van der Waals surface area contributed by atoms with Crippen LogP contribution in [-0.4, -0.2) is 18.5 Å². The van der Waals surface area contributed by atoms with Gasteiger partial charge in [0.25, 0.3) is 0 Å². The lowest BCUT2D eigenvalue weighted by Gasteiger charge is -2.10. The summed E-state index contributed by atoms with van der Waals surface area (Å²) in [7, 11) is 0. The first-order chi connectivity index (χ1) is 13.4. The second-order valence-electron chi connectivity index (χ2n) is 5.94. The van der Waals surface area contributed by atoms with E-state index in [1.54, 1.807) is 26.0 Å². The summed E-state index contributed by atoms with van der Waals surface area (Å²) in [5.74, 6) is -1.06. The summed E-state index contributed by atoms with van der Waals surface area (Å²) in [6.45, 7) is 3.73. The Labute approximate surface area is 164 Å². The molecule has 28 heavy (non-hydrogen) atoms. The Morgan fingerprint density at radius 2 is 2.04 bits per heavy atom. The second-order valence-corrected chi connectivity index (χ2v) is 6.35. The topological polar surface area (TPSA) is 96.0 Å². The number of fused-ring (bicyclic) bond motifs is 1. The van der Waals surface area contributed by atoms with Crippen LogP contribution in [0.15, 0.2) is 44.2 Å². The van der Waals surface area contributed by atoms with Crippen molar-refractivity contribution < 1.29 is 27.9 Å². The highest BCUT2D eigenvalue weighted by Crippen LogP contribution is 2.32. The molecule has 0 fully saturated rings. The van der Waals surface area contributed by atoms with Crippen LogP contribution in [0.3, 0.4) is 0 Å². The first-order valence-electron chi connectivity index (χ1n) is 8.57. The van der Waals surface area contributed by atoms with Gasteiger partial charge in [0.1, 0.15) is 5.58 Å². The van der Waals surface area contributed by atoms with Gasteiger partial charge in [0.2, 0.25) is 5.76 Å². The minimum atomic E-state index is -0.726. The van der Waals surface area contributed by atoms with Crippen molar-refractivity contribution in [3.8, 4) is 5.75 Å². The third-order valence-electron chi connectivity index (χ3n) is 4.15. The van der Waals surface area contributed by atoms with E-state index < -0.39 is 11.6 Å². The number of furan rings is 1. The molecule has 0 aliphatic heterocycles. The number of benzene rings is 1. The highest BCUT2D eigenvalue weighted by Gasteiger charge is 2.18. The molecule has 0 aliphatic carbocycles. The zero-order valence-electron chi connectivity index (χ0n) is 15.2. The molecule has 0 radical (unpaired) electrons. The van der Waals surface area contributed by atoms with Gasteiger partial charge in [0.05, 0.1) is 17.9 Å². The maximum atomic E-state index is 12.4. The Kier molecular flexibility index (Phi) is 5.84. The van der Waals surface area contributed by atoms with E-state index in [1.165, 1.54) is 18.4 Å². The van der Waals surface area contributed by atoms with Gasteiger partial charge in [-0.3, -0.25) is 4.79 Å². The average Bonchev–Trinajstić information content (AvgIpc) is 3.18. The van der Waals surface area contributed by atoms with Gasteiger partial charge in [-0.15, -0.1) is 0 Å². The van der Waals surface area contributed by atoms with Gasteiger partial charge < -0.3 is 18.3 Å². The Morgan fingerprint density at radius 1 is 1.25 bits per heavy atom. The van der Waals surface area contributed by atoms with Crippen molar-refractivity contribution in [2.45, 2.75) is 26.7 Å². The molecule has 0 bridgehead atoms. The predicted octanol–water partition coefficient (Wildman–Crippen LogP) is 4.06. The average molecular weight is 405 g/mol. The van der Waals surface area contributed by atoms with Crippen molar-refractivity contribution in [3.63, 3.8) is 0 Å². The molecule has 146 valence electrons. The number of rotatable bonds is 6. The molecule has 2 aromatic heterocycles. The van der Waals surface area contributed by atoms with E-state index in [9.17, 15) is 14.4 Å². The van der Waals surface area contributed by atoms with Crippen molar-refractivity contribution in [1.29, 1.82) is 0 Å². The molecule has 0 aliphatic rings. The largest absolute Gasteiger partial charge is 0.466 e. The smallest absolute Gasteiger partial charge is 0.379 e. The normalized spacial score (nSPS) is 10.8. The summed E-state index contributed by atoms with van der Waals surface area (Å²) >= 11 is 6.24. The summed E-state index contributed by atoms with van der Waals surface area (Å²) in [6.07, 6.45) is 1.60. The number of hydrogen-bond acceptors (Lipinski definition) is 7. The van der Waals surface area contributed by atoms with E-state index >= 15 is 0 Å². The zero-order valence-corrected chi connectivity index (χ0v) is 16.0. The maximum Gasteiger partial charge on any atom is 0.379 e. The Morgan fingerprint density at radius 3 is 2.71 bits per heavy atom. The molecule has 0 amide bonds. The number of esters is 2. The van der Waals surface area contributed by atoms with Crippen molar-refractivity contribution in [3.05, 3.63) is 62.9 Å². The summed E-state index contributed by atoms with van der Waals surface area (Å²) in [4.78, 5) is 36.0. The molecular weight excluding hydrogens is 388 g/mol. The lowest BCUT2D eigenvalue weighted by Crippen LogP contribution is -2.14. The van der Waals surface area contributed by atoms with E-state index in [4.69, 9.17) is 29.9 Å². The number of aryl methyl sites for hydroxylation is 1. The van der Waals surface area contributed by atoms with E-state index in [2.05, 4.69) is 0 Å². The zero-order chi connectivity index (χ0) is 20.3. The van der Waals surface area contributed by atoms with Crippen molar-refractivity contribution in [2.75, 3.05) is 6.61 Å². The Balaban J connectivity index is 1.92. The molecule has 1 aromatic carbocycles. The summed E-state index contributed by atoms with van der Waals surface area (Å²) in [6, 6.07) is 5.94. The van der Waals surface area contributed by atoms with Crippen LogP contribution in [0.1, 0.15) is 35.0 Å². The molecule has 0 spiro atoms. The van der Waals surface area contributed by atoms with Crippen LogP contribution in [0.5, 0.6) is 5.75 Å². The lowest BCUT2D eigenvalue weighted by atomic mass is 10.0. The molecular formula is C20H17ClO7.